The van der Waals surface area contributed by atoms with Crippen LogP contribution in [-0.4, -0.2) is 32.7 Å². The normalized spacial score (nSPS) is 15.7. The Labute approximate surface area is 171 Å². The Morgan fingerprint density at radius 2 is 2.04 bits per heavy atom. The van der Waals surface area contributed by atoms with Gasteiger partial charge < -0.3 is 4.90 Å². The Kier molecular flexibility index (Phi) is 4.51. The van der Waals surface area contributed by atoms with Gasteiger partial charge in [0.15, 0.2) is 5.16 Å². The quantitative estimate of drug-likeness (QED) is 0.491. The van der Waals surface area contributed by atoms with E-state index in [0.29, 0.717) is 17.5 Å². The Hall–Kier alpha value is -2.12. The fourth-order valence-corrected chi connectivity index (χ4v) is 6.34. The number of benzene rings is 1. The first-order valence-electron chi connectivity index (χ1n) is 9.60. The van der Waals surface area contributed by atoms with Crippen LogP contribution in [0.3, 0.4) is 0 Å². The van der Waals surface area contributed by atoms with E-state index in [1.165, 1.54) is 33.3 Å². The smallest absolute Gasteiger partial charge is 0.262 e. The number of aryl methyl sites for hydroxylation is 2. The number of thiophene rings is 1. The molecule has 1 aliphatic carbocycles. The van der Waals surface area contributed by atoms with Gasteiger partial charge in [0.25, 0.3) is 5.56 Å². The van der Waals surface area contributed by atoms with E-state index in [1.807, 2.05) is 11.0 Å². The molecule has 0 atom stereocenters. The fourth-order valence-electron chi connectivity index (χ4n) is 4.16. The minimum absolute atomic E-state index is 0.0197. The molecule has 1 aromatic carbocycles. The zero-order valence-electron chi connectivity index (χ0n) is 15.7. The number of hydrogen-bond acceptors (Lipinski definition) is 5. The van der Waals surface area contributed by atoms with Gasteiger partial charge in [-0.15, -0.1) is 11.3 Å². The second-order valence-corrected chi connectivity index (χ2v) is 9.44. The molecule has 0 saturated carbocycles. The first-order valence-corrected chi connectivity index (χ1v) is 11.4. The monoisotopic (exact) mass is 411 g/mol. The lowest BCUT2D eigenvalue weighted by atomic mass is 10.00. The predicted molar refractivity (Wildman–Crippen MR) is 113 cm³/mol. The maximum absolute atomic E-state index is 12.9. The summed E-state index contributed by atoms with van der Waals surface area (Å²) in [5.74, 6) is 0.404. The minimum Gasteiger partial charge on any atom is -0.337 e. The summed E-state index contributed by atoms with van der Waals surface area (Å²) in [5.41, 5.74) is 3.78. The van der Waals surface area contributed by atoms with E-state index in [2.05, 4.69) is 18.2 Å². The van der Waals surface area contributed by atoms with Gasteiger partial charge in [0.2, 0.25) is 5.91 Å². The van der Waals surface area contributed by atoms with E-state index in [9.17, 15) is 9.59 Å². The third kappa shape index (κ3) is 2.97. The molecule has 7 heteroatoms. The number of fused-ring (bicyclic) bond motifs is 4. The van der Waals surface area contributed by atoms with Crippen molar-refractivity contribution in [2.75, 3.05) is 12.3 Å². The second-order valence-electron chi connectivity index (χ2n) is 7.42. The van der Waals surface area contributed by atoms with Crippen LogP contribution in [0.2, 0.25) is 0 Å². The van der Waals surface area contributed by atoms with Crippen LogP contribution in [0.25, 0.3) is 10.2 Å². The van der Waals surface area contributed by atoms with Gasteiger partial charge in [0.05, 0.1) is 11.1 Å². The summed E-state index contributed by atoms with van der Waals surface area (Å²) in [5, 5.41) is 1.42. The van der Waals surface area contributed by atoms with Crippen LogP contribution in [0.15, 0.2) is 34.2 Å². The zero-order valence-corrected chi connectivity index (χ0v) is 17.4. The molecule has 0 radical (unpaired) electrons. The molecule has 0 spiro atoms. The van der Waals surface area contributed by atoms with Gasteiger partial charge in [-0.3, -0.25) is 14.2 Å². The molecule has 2 aliphatic rings. The molecule has 1 aliphatic heterocycles. The maximum atomic E-state index is 12.9. The number of rotatable bonds is 3. The third-order valence-corrected chi connectivity index (χ3v) is 7.91. The van der Waals surface area contributed by atoms with Crippen LogP contribution in [-0.2, 0) is 37.6 Å². The summed E-state index contributed by atoms with van der Waals surface area (Å²) < 4.78 is 1.61. The van der Waals surface area contributed by atoms with Gasteiger partial charge in [-0.05, 0) is 42.4 Å². The van der Waals surface area contributed by atoms with Crippen molar-refractivity contribution in [3.63, 3.8) is 0 Å². The van der Waals surface area contributed by atoms with Crippen LogP contribution in [0, 0.1) is 0 Å². The molecule has 0 unspecified atom stereocenters. The maximum Gasteiger partial charge on any atom is 0.262 e. The van der Waals surface area contributed by atoms with Crippen LogP contribution in [0.1, 0.15) is 28.0 Å². The van der Waals surface area contributed by atoms with Crippen molar-refractivity contribution >= 4 is 39.2 Å². The molecule has 1 amide bonds. The SMILES string of the molecule is Cn1c(SCC(=O)N2CCc3ccccc3C2)nc2sc3c(c2c1=O)CCC3. The lowest BCUT2D eigenvalue weighted by molar-refractivity contribution is -0.129. The van der Waals surface area contributed by atoms with Gasteiger partial charge in [0.1, 0.15) is 4.83 Å². The van der Waals surface area contributed by atoms with E-state index in [1.54, 1.807) is 23.0 Å². The molecule has 144 valence electrons. The van der Waals surface area contributed by atoms with Crippen molar-refractivity contribution in [1.29, 1.82) is 0 Å². The topological polar surface area (TPSA) is 55.2 Å². The molecular weight excluding hydrogens is 390 g/mol. The molecule has 5 nitrogen and oxygen atoms in total. The highest BCUT2D eigenvalue weighted by Gasteiger charge is 2.24. The van der Waals surface area contributed by atoms with Gasteiger partial charge in [-0.25, -0.2) is 4.98 Å². The summed E-state index contributed by atoms with van der Waals surface area (Å²) in [6.45, 7) is 1.41. The Morgan fingerprint density at radius 1 is 1.21 bits per heavy atom. The van der Waals surface area contributed by atoms with Gasteiger partial charge in [-0.2, -0.15) is 0 Å². The summed E-state index contributed by atoms with van der Waals surface area (Å²) in [4.78, 5) is 34.4. The minimum atomic E-state index is 0.0197. The number of carbonyl (C=O) groups is 1. The predicted octanol–water partition coefficient (Wildman–Crippen LogP) is 3.16. The summed E-state index contributed by atoms with van der Waals surface area (Å²) in [6, 6.07) is 8.31. The van der Waals surface area contributed by atoms with E-state index in [4.69, 9.17) is 4.98 Å². The number of carbonyl (C=O) groups excluding carboxylic acids is 1. The second kappa shape index (κ2) is 7.04. The number of amides is 1. The molecule has 0 bridgehead atoms. The standard InChI is InChI=1S/C21H21N3O2S2/c1-23-20(26)18-15-7-4-8-16(15)28-19(18)22-21(23)27-12-17(25)24-10-9-13-5-2-3-6-14(13)11-24/h2-3,5-6H,4,7-12H2,1H3. The molecule has 28 heavy (non-hydrogen) atoms. The van der Waals surface area contributed by atoms with E-state index >= 15 is 0 Å². The average Bonchev–Trinajstić information content (AvgIpc) is 3.29. The van der Waals surface area contributed by atoms with E-state index in [0.717, 1.165) is 42.4 Å². The zero-order chi connectivity index (χ0) is 19.3. The van der Waals surface area contributed by atoms with Gasteiger partial charge in [-0.1, -0.05) is 36.0 Å². The van der Waals surface area contributed by atoms with Crippen LogP contribution < -0.4 is 5.56 Å². The van der Waals surface area contributed by atoms with Crippen molar-refractivity contribution in [3.8, 4) is 0 Å². The molecule has 0 fully saturated rings. The Bertz CT molecular complexity index is 1150. The summed E-state index contributed by atoms with van der Waals surface area (Å²) in [6.07, 6.45) is 4.06. The van der Waals surface area contributed by atoms with Crippen molar-refractivity contribution in [2.24, 2.45) is 7.05 Å². The van der Waals surface area contributed by atoms with Crippen LogP contribution >= 0.6 is 23.1 Å². The Balaban J connectivity index is 1.34. The van der Waals surface area contributed by atoms with Crippen molar-refractivity contribution in [2.45, 2.75) is 37.4 Å². The fraction of sp³-hybridized carbons (Fsp3) is 0.381. The lowest BCUT2D eigenvalue weighted by Gasteiger charge is -2.28. The highest BCUT2D eigenvalue weighted by atomic mass is 32.2. The molecule has 5 rings (SSSR count). The van der Waals surface area contributed by atoms with E-state index < -0.39 is 0 Å². The molecule has 0 N–H and O–H groups in total. The number of thioether (sulfide) groups is 1. The number of aromatic nitrogens is 2. The summed E-state index contributed by atoms with van der Waals surface area (Å²) >= 11 is 3.01. The van der Waals surface area contributed by atoms with Crippen LogP contribution in [0.5, 0.6) is 0 Å². The molecule has 3 aromatic rings. The lowest BCUT2D eigenvalue weighted by Crippen LogP contribution is -2.37. The third-order valence-electron chi connectivity index (χ3n) is 5.71. The van der Waals surface area contributed by atoms with E-state index in [-0.39, 0.29) is 11.5 Å². The van der Waals surface area contributed by atoms with Gasteiger partial charge >= 0.3 is 0 Å². The highest BCUT2D eigenvalue weighted by molar-refractivity contribution is 7.99. The first-order chi connectivity index (χ1) is 13.6. The molecular formula is C21H21N3O2S2. The molecule has 3 heterocycles. The summed E-state index contributed by atoms with van der Waals surface area (Å²) in [7, 11) is 1.76. The largest absolute Gasteiger partial charge is 0.337 e. The highest BCUT2D eigenvalue weighted by Crippen LogP contribution is 2.35. The number of hydrogen-bond donors (Lipinski definition) is 0. The van der Waals surface area contributed by atoms with Gasteiger partial charge in [0, 0.05) is 25.0 Å². The molecule has 0 saturated heterocycles. The van der Waals surface area contributed by atoms with Crippen molar-refractivity contribution in [3.05, 3.63) is 56.2 Å². The van der Waals surface area contributed by atoms with Crippen LogP contribution in [0.4, 0.5) is 0 Å². The number of nitrogens with zero attached hydrogens (tertiary/aromatic N) is 3. The average molecular weight is 412 g/mol. The molecule has 2 aromatic heterocycles. The first kappa shape index (κ1) is 17.9. The van der Waals surface area contributed by atoms with Crippen molar-refractivity contribution in [1.82, 2.24) is 14.5 Å². The Morgan fingerprint density at radius 3 is 2.89 bits per heavy atom. The van der Waals surface area contributed by atoms with Crippen molar-refractivity contribution < 1.29 is 4.79 Å².